The molecule has 26 heavy (non-hydrogen) atoms. The van der Waals surface area contributed by atoms with E-state index < -0.39 is 10.0 Å². The summed E-state index contributed by atoms with van der Waals surface area (Å²) in [4.78, 5) is 12.6. The fraction of sp³-hybridized carbons (Fsp3) is 0.316. The van der Waals surface area contributed by atoms with Gasteiger partial charge in [-0.3, -0.25) is 9.10 Å². The van der Waals surface area contributed by atoms with Crippen LogP contribution in [-0.4, -0.2) is 33.7 Å². The number of sulfonamides is 1. The summed E-state index contributed by atoms with van der Waals surface area (Å²) in [6.45, 7) is 2.10. The first kappa shape index (κ1) is 18.3. The van der Waals surface area contributed by atoms with Gasteiger partial charge in [0.25, 0.3) is 5.91 Å². The summed E-state index contributed by atoms with van der Waals surface area (Å²) < 4.78 is 31.4. The Kier molecular flexibility index (Phi) is 5.18. The molecular weight excluding hydrogens is 352 g/mol. The molecule has 0 spiro atoms. The molecule has 0 fully saturated rings. The molecule has 2 aromatic rings. The summed E-state index contributed by atoms with van der Waals surface area (Å²) >= 11 is 0. The molecular formula is C19H22N2O4S. The Hall–Kier alpha value is -2.54. The average molecular weight is 374 g/mol. The third-order valence-corrected chi connectivity index (χ3v) is 6.25. The SMILES string of the molecule is CCS(=O)(=O)N1CCCc2ccc(NC(=O)c3ccccc3OC)cc21. The molecule has 0 radical (unpaired) electrons. The molecule has 0 aromatic heterocycles. The zero-order valence-corrected chi connectivity index (χ0v) is 15.7. The molecule has 1 amide bonds. The van der Waals surface area contributed by atoms with Crippen molar-refractivity contribution < 1.29 is 17.9 Å². The Morgan fingerprint density at radius 1 is 1.23 bits per heavy atom. The number of carbonyl (C=O) groups is 1. The largest absolute Gasteiger partial charge is 0.496 e. The Morgan fingerprint density at radius 3 is 2.73 bits per heavy atom. The number of para-hydroxylation sites is 1. The summed E-state index contributed by atoms with van der Waals surface area (Å²) in [7, 11) is -1.83. The molecule has 1 aliphatic heterocycles. The lowest BCUT2D eigenvalue weighted by Gasteiger charge is -2.30. The van der Waals surface area contributed by atoms with E-state index in [4.69, 9.17) is 4.74 Å². The smallest absolute Gasteiger partial charge is 0.259 e. The highest BCUT2D eigenvalue weighted by Crippen LogP contribution is 2.32. The highest BCUT2D eigenvalue weighted by atomic mass is 32.2. The second-order valence-corrected chi connectivity index (χ2v) is 8.26. The van der Waals surface area contributed by atoms with Crippen LogP contribution in [0.1, 0.15) is 29.3 Å². The predicted octanol–water partition coefficient (Wildman–Crippen LogP) is 3.05. The molecule has 1 aliphatic rings. The average Bonchev–Trinajstić information content (AvgIpc) is 2.67. The molecule has 7 heteroatoms. The van der Waals surface area contributed by atoms with Crippen molar-refractivity contribution >= 4 is 27.3 Å². The number of nitrogens with zero attached hydrogens (tertiary/aromatic N) is 1. The van der Waals surface area contributed by atoms with Crippen LogP contribution in [0, 0.1) is 0 Å². The molecule has 2 aromatic carbocycles. The molecule has 0 aliphatic carbocycles. The van der Waals surface area contributed by atoms with Crippen molar-refractivity contribution in [2.45, 2.75) is 19.8 Å². The minimum absolute atomic E-state index is 0.0459. The van der Waals surface area contributed by atoms with Gasteiger partial charge in [-0.1, -0.05) is 18.2 Å². The number of aryl methyl sites for hydroxylation is 1. The third kappa shape index (κ3) is 3.53. The molecule has 6 nitrogen and oxygen atoms in total. The monoisotopic (exact) mass is 374 g/mol. The first-order chi connectivity index (χ1) is 12.5. The number of carbonyl (C=O) groups excluding carboxylic acids is 1. The van der Waals surface area contributed by atoms with E-state index in [1.54, 1.807) is 43.3 Å². The van der Waals surface area contributed by atoms with Crippen molar-refractivity contribution in [1.29, 1.82) is 0 Å². The van der Waals surface area contributed by atoms with E-state index in [0.717, 1.165) is 18.4 Å². The van der Waals surface area contributed by atoms with Crippen molar-refractivity contribution in [3.05, 3.63) is 53.6 Å². The van der Waals surface area contributed by atoms with Crippen LogP contribution in [0.4, 0.5) is 11.4 Å². The van der Waals surface area contributed by atoms with Gasteiger partial charge in [0.1, 0.15) is 5.75 Å². The zero-order valence-electron chi connectivity index (χ0n) is 14.9. The lowest BCUT2D eigenvalue weighted by Crippen LogP contribution is -2.36. The molecule has 3 rings (SSSR count). The molecule has 138 valence electrons. The number of benzene rings is 2. The van der Waals surface area contributed by atoms with E-state index >= 15 is 0 Å². The van der Waals surface area contributed by atoms with Gasteiger partial charge >= 0.3 is 0 Å². The first-order valence-corrected chi connectivity index (χ1v) is 10.1. The summed E-state index contributed by atoms with van der Waals surface area (Å²) in [5.41, 5.74) is 2.60. The Morgan fingerprint density at radius 2 is 2.00 bits per heavy atom. The Bertz CT molecular complexity index is 925. The molecule has 0 bridgehead atoms. The number of amides is 1. The number of nitrogens with one attached hydrogen (secondary N) is 1. The number of methoxy groups -OCH3 is 1. The molecule has 1 N–H and O–H groups in total. The van der Waals surface area contributed by atoms with E-state index in [0.29, 0.717) is 29.2 Å². The third-order valence-electron chi connectivity index (χ3n) is 4.47. The standard InChI is InChI=1S/C19H22N2O4S/c1-3-26(23,24)21-12-6-7-14-10-11-15(13-17(14)21)20-19(22)16-8-4-5-9-18(16)25-2/h4-5,8-11,13H,3,6-7,12H2,1-2H3,(H,20,22). The van der Waals surface area contributed by atoms with Crippen LogP contribution in [0.2, 0.25) is 0 Å². The first-order valence-electron chi connectivity index (χ1n) is 8.54. The van der Waals surface area contributed by atoms with Crippen molar-refractivity contribution in [3.63, 3.8) is 0 Å². The number of ether oxygens (including phenoxy) is 1. The van der Waals surface area contributed by atoms with Gasteiger partial charge < -0.3 is 10.1 Å². The van der Waals surface area contributed by atoms with Gasteiger partial charge in [0, 0.05) is 12.2 Å². The van der Waals surface area contributed by atoms with Gasteiger partial charge in [0.15, 0.2) is 0 Å². The summed E-state index contributed by atoms with van der Waals surface area (Å²) in [6.07, 6.45) is 1.62. The Labute approximate surface area is 153 Å². The highest BCUT2D eigenvalue weighted by Gasteiger charge is 2.26. The van der Waals surface area contributed by atoms with Gasteiger partial charge in [-0.15, -0.1) is 0 Å². The maximum Gasteiger partial charge on any atom is 0.259 e. The molecule has 0 saturated carbocycles. The van der Waals surface area contributed by atoms with Crippen LogP contribution in [-0.2, 0) is 16.4 Å². The summed E-state index contributed by atoms with van der Waals surface area (Å²) in [5.74, 6) is 0.228. The van der Waals surface area contributed by atoms with Crippen molar-refractivity contribution in [2.75, 3.05) is 29.0 Å². The number of rotatable bonds is 5. The fourth-order valence-corrected chi connectivity index (χ4v) is 4.28. The summed E-state index contributed by atoms with van der Waals surface area (Å²) in [5, 5.41) is 2.83. The Balaban J connectivity index is 1.91. The van der Waals surface area contributed by atoms with Crippen molar-refractivity contribution in [3.8, 4) is 5.75 Å². The zero-order chi connectivity index (χ0) is 18.7. The number of fused-ring (bicyclic) bond motifs is 1. The van der Waals surface area contributed by atoms with Crippen LogP contribution in [0.3, 0.4) is 0 Å². The van der Waals surface area contributed by atoms with Crippen LogP contribution in [0.15, 0.2) is 42.5 Å². The topological polar surface area (TPSA) is 75.7 Å². The fourth-order valence-electron chi connectivity index (χ4n) is 3.09. The molecule has 1 heterocycles. The van der Waals surface area contributed by atoms with E-state index in [1.165, 1.54) is 11.4 Å². The quantitative estimate of drug-likeness (QED) is 0.873. The maximum atomic E-state index is 12.6. The highest BCUT2D eigenvalue weighted by molar-refractivity contribution is 7.92. The van der Waals surface area contributed by atoms with Gasteiger partial charge in [-0.2, -0.15) is 0 Å². The number of hydrogen-bond acceptors (Lipinski definition) is 4. The van der Waals surface area contributed by atoms with Gasteiger partial charge in [-0.05, 0) is 49.6 Å². The van der Waals surface area contributed by atoms with Crippen LogP contribution < -0.4 is 14.4 Å². The summed E-state index contributed by atoms with van der Waals surface area (Å²) in [6, 6.07) is 12.4. The van der Waals surface area contributed by atoms with E-state index in [9.17, 15) is 13.2 Å². The molecule has 0 atom stereocenters. The van der Waals surface area contributed by atoms with Gasteiger partial charge in [-0.25, -0.2) is 8.42 Å². The normalized spacial score (nSPS) is 13.8. The lowest BCUT2D eigenvalue weighted by molar-refractivity contribution is 0.102. The maximum absolute atomic E-state index is 12.6. The second kappa shape index (κ2) is 7.37. The lowest BCUT2D eigenvalue weighted by atomic mass is 10.0. The number of anilines is 2. The minimum atomic E-state index is -3.34. The van der Waals surface area contributed by atoms with Crippen LogP contribution in [0.5, 0.6) is 5.75 Å². The predicted molar refractivity (Wildman–Crippen MR) is 103 cm³/mol. The van der Waals surface area contributed by atoms with Gasteiger partial charge in [0.05, 0.1) is 24.1 Å². The minimum Gasteiger partial charge on any atom is -0.496 e. The van der Waals surface area contributed by atoms with E-state index in [-0.39, 0.29) is 11.7 Å². The van der Waals surface area contributed by atoms with Crippen LogP contribution in [0.25, 0.3) is 0 Å². The van der Waals surface area contributed by atoms with E-state index in [1.807, 2.05) is 6.07 Å². The number of hydrogen-bond donors (Lipinski definition) is 1. The second-order valence-electron chi connectivity index (χ2n) is 6.07. The van der Waals surface area contributed by atoms with Crippen molar-refractivity contribution in [1.82, 2.24) is 0 Å². The van der Waals surface area contributed by atoms with Gasteiger partial charge in [0.2, 0.25) is 10.0 Å². The van der Waals surface area contributed by atoms with Crippen LogP contribution >= 0.6 is 0 Å². The molecule has 0 saturated heterocycles. The van der Waals surface area contributed by atoms with E-state index in [2.05, 4.69) is 5.32 Å². The molecule has 0 unspecified atom stereocenters. The van der Waals surface area contributed by atoms with Crippen molar-refractivity contribution in [2.24, 2.45) is 0 Å².